The minimum Gasteiger partial charge on any atom is -0.495 e. The van der Waals surface area contributed by atoms with Crippen LogP contribution in [0.4, 0.5) is 5.69 Å². The number of rotatable bonds is 13. The Hall–Kier alpha value is -4.15. The van der Waals surface area contributed by atoms with Gasteiger partial charge in [0.15, 0.2) is 0 Å². The molecule has 0 heterocycles. The van der Waals surface area contributed by atoms with E-state index in [2.05, 4.69) is 21.2 Å². The molecule has 0 aromatic heterocycles. The van der Waals surface area contributed by atoms with Crippen LogP contribution in [-0.4, -0.2) is 50.9 Å². The van der Waals surface area contributed by atoms with Crippen LogP contribution < -0.4 is 14.4 Å². The number of nitrogens with zero attached hydrogens (tertiary/aromatic N) is 2. The zero-order valence-corrected chi connectivity index (χ0v) is 30.0. The summed E-state index contributed by atoms with van der Waals surface area (Å²) in [5.74, 6) is -0.464. The molecule has 4 aromatic rings. The third-order valence-electron chi connectivity index (χ3n) is 8.71. The fourth-order valence-electron chi connectivity index (χ4n) is 6.10. The van der Waals surface area contributed by atoms with Crippen molar-refractivity contribution in [2.45, 2.75) is 69.5 Å². The molecule has 1 N–H and O–H groups in total. The molecule has 0 unspecified atom stereocenters. The molecule has 0 spiro atoms. The van der Waals surface area contributed by atoms with Gasteiger partial charge in [0.25, 0.3) is 10.0 Å². The van der Waals surface area contributed by atoms with Crippen molar-refractivity contribution in [1.82, 2.24) is 10.2 Å². The monoisotopic (exact) mass is 731 g/mol. The third-order valence-corrected chi connectivity index (χ3v) is 11.0. The first-order chi connectivity index (χ1) is 23.0. The Labute approximate surface area is 292 Å². The number of amides is 2. The SMILES string of the molecule is COc1ccc(C)cc1N(CC(=O)N(Cc1cccc(Br)c1)[C@H](Cc1ccccc1)C(=O)NC1CCCC1)S(=O)(=O)c1ccc(C)cc1. The lowest BCUT2D eigenvalue weighted by molar-refractivity contribution is -0.140. The Kier molecular flexibility index (Phi) is 11.6. The van der Waals surface area contributed by atoms with Crippen molar-refractivity contribution in [3.63, 3.8) is 0 Å². The van der Waals surface area contributed by atoms with E-state index in [4.69, 9.17) is 4.74 Å². The average molecular weight is 733 g/mol. The summed E-state index contributed by atoms with van der Waals surface area (Å²) in [5.41, 5.74) is 3.63. The van der Waals surface area contributed by atoms with E-state index < -0.39 is 28.5 Å². The van der Waals surface area contributed by atoms with Crippen molar-refractivity contribution in [3.05, 3.63) is 124 Å². The van der Waals surface area contributed by atoms with Crippen molar-refractivity contribution in [2.75, 3.05) is 18.0 Å². The van der Waals surface area contributed by atoms with Crippen LogP contribution in [0.25, 0.3) is 0 Å². The fraction of sp³-hybridized carbons (Fsp3) is 0.316. The van der Waals surface area contributed by atoms with Gasteiger partial charge in [-0.15, -0.1) is 0 Å². The zero-order chi connectivity index (χ0) is 34.3. The maximum Gasteiger partial charge on any atom is 0.264 e. The molecule has 0 bridgehead atoms. The van der Waals surface area contributed by atoms with Crippen LogP contribution >= 0.6 is 15.9 Å². The highest BCUT2D eigenvalue weighted by atomic mass is 79.9. The topological polar surface area (TPSA) is 96.0 Å². The molecule has 8 nitrogen and oxygen atoms in total. The second kappa shape index (κ2) is 15.8. The predicted molar refractivity (Wildman–Crippen MR) is 192 cm³/mol. The fourth-order valence-corrected chi connectivity index (χ4v) is 7.96. The average Bonchev–Trinajstić information content (AvgIpc) is 3.58. The van der Waals surface area contributed by atoms with Crippen molar-refractivity contribution < 1.29 is 22.7 Å². The van der Waals surface area contributed by atoms with Gasteiger partial charge in [-0.05, 0) is 79.8 Å². The van der Waals surface area contributed by atoms with E-state index >= 15 is 0 Å². The summed E-state index contributed by atoms with van der Waals surface area (Å²) in [5, 5.41) is 3.21. The quantitative estimate of drug-likeness (QED) is 0.160. The highest BCUT2D eigenvalue weighted by Crippen LogP contribution is 2.34. The van der Waals surface area contributed by atoms with Crippen LogP contribution in [0.15, 0.2) is 106 Å². The van der Waals surface area contributed by atoms with Crippen LogP contribution in [0.2, 0.25) is 0 Å². The normalized spacial score (nSPS) is 13.9. The van der Waals surface area contributed by atoms with Crippen molar-refractivity contribution in [2.24, 2.45) is 0 Å². The number of halogens is 1. The lowest BCUT2D eigenvalue weighted by Gasteiger charge is -2.34. The Bertz CT molecular complexity index is 1830. The van der Waals surface area contributed by atoms with Gasteiger partial charge in [-0.3, -0.25) is 13.9 Å². The van der Waals surface area contributed by atoms with Crippen LogP contribution in [-0.2, 0) is 32.6 Å². The summed E-state index contributed by atoms with van der Waals surface area (Å²) in [6, 6.07) is 28.0. The second-order valence-corrected chi connectivity index (χ2v) is 15.1. The lowest BCUT2D eigenvalue weighted by atomic mass is 10.0. The molecule has 48 heavy (non-hydrogen) atoms. The summed E-state index contributed by atoms with van der Waals surface area (Å²) in [7, 11) is -2.79. The molecule has 1 fully saturated rings. The summed E-state index contributed by atoms with van der Waals surface area (Å²) in [6.45, 7) is 3.28. The number of nitrogens with one attached hydrogen (secondary N) is 1. The zero-order valence-electron chi connectivity index (χ0n) is 27.6. The first-order valence-electron chi connectivity index (χ1n) is 16.2. The van der Waals surface area contributed by atoms with E-state index in [1.54, 1.807) is 24.3 Å². The molecular formula is C38H42BrN3O5S. The minimum absolute atomic E-state index is 0.0357. The first-order valence-corrected chi connectivity index (χ1v) is 18.4. The van der Waals surface area contributed by atoms with Crippen LogP contribution in [0.1, 0.15) is 47.9 Å². The molecular weight excluding hydrogens is 690 g/mol. The van der Waals surface area contributed by atoms with Crippen molar-refractivity contribution in [1.29, 1.82) is 0 Å². The Morgan fingerprint density at radius 2 is 1.54 bits per heavy atom. The molecule has 252 valence electrons. The lowest BCUT2D eigenvalue weighted by Crippen LogP contribution is -2.54. The Morgan fingerprint density at radius 1 is 0.875 bits per heavy atom. The summed E-state index contributed by atoms with van der Waals surface area (Å²) in [4.78, 5) is 30.6. The number of carbonyl (C=O) groups excluding carboxylic acids is 2. The standard InChI is InChI=1S/C38H42BrN3O5S/c1-27-16-19-33(20-17-27)48(45,46)42(34-22-28(2)18-21-36(34)47-3)26-37(43)41(25-30-12-9-13-31(39)23-30)35(24-29-10-5-4-6-11-29)38(44)40-32-14-7-8-15-32/h4-6,9-13,16-23,32,35H,7-8,14-15,24-26H2,1-3H3,(H,40,44)/t35-/m1/s1. The van der Waals surface area contributed by atoms with Gasteiger partial charge in [0.1, 0.15) is 18.3 Å². The minimum atomic E-state index is -4.25. The van der Waals surface area contributed by atoms with Gasteiger partial charge in [0, 0.05) is 23.5 Å². The second-order valence-electron chi connectivity index (χ2n) is 12.3. The van der Waals surface area contributed by atoms with Gasteiger partial charge in [-0.1, -0.05) is 95.0 Å². The van der Waals surface area contributed by atoms with Gasteiger partial charge in [0.05, 0.1) is 17.7 Å². The maximum absolute atomic E-state index is 14.8. The van der Waals surface area contributed by atoms with Crippen LogP contribution in [0.3, 0.4) is 0 Å². The number of sulfonamides is 1. The Morgan fingerprint density at radius 3 is 2.21 bits per heavy atom. The third kappa shape index (κ3) is 8.65. The number of hydrogen-bond donors (Lipinski definition) is 1. The largest absolute Gasteiger partial charge is 0.495 e. The van der Waals surface area contributed by atoms with Crippen LogP contribution in [0.5, 0.6) is 5.75 Å². The highest BCUT2D eigenvalue weighted by molar-refractivity contribution is 9.10. The van der Waals surface area contributed by atoms with Gasteiger partial charge in [0.2, 0.25) is 11.8 Å². The summed E-state index contributed by atoms with van der Waals surface area (Å²) < 4.78 is 36.4. The van der Waals surface area contributed by atoms with E-state index in [1.807, 2.05) is 74.5 Å². The number of hydrogen-bond acceptors (Lipinski definition) is 5. The molecule has 1 atom stereocenters. The summed E-state index contributed by atoms with van der Waals surface area (Å²) >= 11 is 3.53. The smallest absolute Gasteiger partial charge is 0.264 e. The van der Waals surface area contributed by atoms with Gasteiger partial charge in [-0.2, -0.15) is 0 Å². The molecule has 1 saturated carbocycles. The van der Waals surface area contributed by atoms with E-state index in [-0.39, 0.29) is 35.5 Å². The van der Waals surface area contributed by atoms with Gasteiger partial charge >= 0.3 is 0 Å². The number of ether oxygens (including phenoxy) is 1. The molecule has 5 rings (SSSR count). The highest BCUT2D eigenvalue weighted by Gasteiger charge is 2.36. The first kappa shape index (κ1) is 35.2. The van der Waals surface area contributed by atoms with Crippen LogP contribution in [0, 0.1) is 13.8 Å². The van der Waals surface area contributed by atoms with Crippen molar-refractivity contribution in [3.8, 4) is 5.75 Å². The molecule has 4 aromatic carbocycles. The predicted octanol–water partition coefficient (Wildman–Crippen LogP) is 6.97. The molecule has 10 heteroatoms. The molecule has 0 aliphatic heterocycles. The van der Waals surface area contributed by atoms with Crippen molar-refractivity contribution >= 4 is 43.5 Å². The number of carbonyl (C=O) groups is 2. The number of anilines is 1. The molecule has 2 amide bonds. The van der Waals surface area contributed by atoms with E-state index in [0.717, 1.165) is 56.7 Å². The maximum atomic E-state index is 14.8. The Balaban J connectivity index is 1.60. The van der Waals surface area contributed by atoms with E-state index in [1.165, 1.54) is 24.1 Å². The number of benzene rings is 4. The molecule has 0 saturated heterocycles. The van der Waals surface area contributed by atoms with Gasteiger partial charge in [-0.25, -0.2) is 8.42 Å². The summed E-state index contributed by atoms with van der Waals surface area (Å²) in [6.07, 6.45) is 4.12. The number of methoxy groups -OCH3 is 1. The molecule has 1 aliphatic carbocycles. The molecule has 1 aliphatic rings. The van der Waals surface area contributed by atoms with E-state index in [9.17, 15) is 18.0 Å². The molecule has 0 radical (unpaired) electrons. The van der Waals surface area contributed by atoms with E-state index in [0.29, 0.717) is 5.75 Å². The van der Waals surface area contributed by atoms with Gasteiger partial charge < -0.3 is 15.0 Å². The number of aryl methyl sites for hydroxylation is 2.